The van der Waals surface area contributed by atoms with Gasteiger partial charge in [0.05, 0.1) is 6.57 Å². The standard InChI is InChI=1S/C7H5NO/c1-8-6-2-4-7(9)5-3-6/h2-5,9H/p-1. The number of hydrogen-bond acceptors (Lipinski definition) is 1. The van der Waals surface area contributed by atoms with E-state index in [0.717, 1.165) is 0 Å². The Morgan fingerprint density at radius 2 is 1.78 bits per heavy atom. The Morgan fingerprint density at radius 1 is 1.22 bits per heavy atom. The minimum atomic E-state index is -0.0533. The van der Waals surface area contributed by atoms with Crippen LogP contribution in [-0.2, 0) is 0 Å². The lowest BCUT2D eigenvalue weighted by Gasteiger charge is -2.00. The molecule has 0 heterocycles. The first-order valence-electron chi connectivity index (χ1n) is 2.47. The van der Waals surface area contributed by atoms with Crippen LogP contribution in [0, 0.1) is 6.57 Å². The van der Waals surface area contributed by atoms with E-state index in [1.165, 1.54) is 24.3 Å². The second-order valence-electron chi connectivity index (χ2n) is 1.61. The van der Waals surface area contributed by atoms with E-state index < -0.39 is 0 Å². The lowest BCUT2D eigenvalue weighted by molar-refractivity contribution is -0.268. The van der Waals surface area contributed by atoms with Crippen molar-refractivity contribution in [1.82, 2.24) is 0 Å². The van der Waals surface area contributed by atoms with Crippen LogP contribution in [0.1, 0.15) is 0 Å². The van der Waals surface area contributed by atoms with Crippen molar-refractivity contribution in [3.05, 3.63) is 35.7 Å². The largest absolute Gasteiger partial charge is 0.873 e. The molecule has 9 heavy (non-hydrogen) atoms. The summed E-state index contributed by atoms with van der Waals surface area (Å²) in [5.41, 5.74) is 0.509. The molecule has 2 nitrogen and oxygen atoms in total. The van der Waals surface area contributed by atoms with E-state index in [4.69, 9.17) is 6.57 Å². The molecule has 0 aliphatic carbocycles. The van der Waals surface area contributed by atoms with Crippen molar-refractivity contribution in [3.63, 3.8) is 0 Å². The summed E-state index contributed by atoms with van der Waals surface area (Å²) in [6, 6.07) is 5.78. The third-order valence-corrected chi connectivity index (χ3v) is 0.966. The Labute approximate surface area is 53.2 Å². The number of benzene rings is 1. The molecular formula is C7H4NO-. The molecule has 0 saturated heterocycles. The molecule has 0 N–H and O–H groups in total. The van der Waals surface area contributed by atoms with Gasteiger partial charge in [0.1, 0.15) is 0 Å². The summed E-state index contributed by atoms with van der Waals surface area (Å²) in [5.74, 6) is -0.0533. The summed E-state index contributed by atoms with van der Waals surface area (Å²) in [5, 5.41) is 10.4. The average Bonchev–Trinajstić information content (AvgIpc) is 1.90. The lowest BCUT2D eigenvalue weighted by atomic mass is 10.3. The van der Waals surface area contributed by atoms with Crippen LogP contribution in [0.3, 0.4) is 0 Å². The van der Waals surface area contributed by atoms with Crippen molar-refractivity contribution < 1.29 is 5.11 Å². The fraction of sp³-hybridized carbons (Fsp3) is 0. The van der Waals surface area contributed by atoms with Gasteiger partial charge < -0.3 is 5.11 Å². The molecule has 0 saturated carbocycles. The third-order valence-electron chi connectivity index (χ3n) is 0.966. The topological polar surface area (TPSA) is 27.4 Å². The van der Waals surface area contributed by atoms with Crippen LogP contribution in [0.15, 0.2) is 24.3 Å². The molecule has 0 unspecified atom stereocenters. The Bertz CT molecular complexity index is 232. The molecule has 0 spiro atoms. The van der Waals surface area contributed by atoms with E-state index in [-0.39, 0.29) is 5.75 Å². The summed E-state index contributed by atoms with van der Waals surface area (Å²) >= 11 is 0. The Morgan fingerprint density at radius 3 is 2.22 bits per heavy atom. The van der Waals surface area contributed by atoms with Gasteiger partial charge in [-0.1, -0.05) is 24.3 Å². The minimum absolute atomic E-state index is 0.0533. The van der Waals surface area contributed by atoms with Crippen molar-refractivity contribution in [2.75, 3.05) is 0 Å². The van der Waals surface area contributed by atoms with Gasteiger partial charge in [0.2, 0.25) is 0 Å². The molecule has 2 heteroatoms. The van der Waals surface area contributed by atoms with Gasteiger partial charge in [-0.3, -0.25) is 0 Å². The summed E-state index contributed by atoms with van der Waals surface area (Å²) < 4.78 is 0. The highest BCUT2D eigenvalue weighted by molar-refractivity contribution is 5.46. The lowest BCUT2D eigenvalue weighted by Crippen LogP contribution is -1.85. The van der Waals surface area contributed by atoms with Crippen LogP contribution in [0.5, 0.6) is 5.75 Å². The molecule has 0 atom stereocenters. The summed E-state index contributed by atoms with van der Waals surface area (Å²) in [6.07, 6.45) is 0. The Hall–Kier alpha value is -1.49. The monoisotopic (exact) mass is 118 g/mol. The first-order valence-corrected chi connectivity index (χ1v) is 2.47. The van der Waals surface area contributed by atoms with E-state index >= 15 is 0 Å². The van der Waals surface area contributed by atoms with Crippen LogP contribution in [-0.4, -0.2) is 0 Å². The van der Waals surface area contributed by atoms with Gasteiger partial charge in [0.15, 0.2) is 5.69 Å². The first-order chi connectivity index (χ1) is 4.33. The van der Waals surface area contributed by atoms with Gasteiger partial charge in [-0.25, -0.2) is 4.85 Å². The zero-order valence-electron chi connectivity index (χ0n) is 4.66. The molecule has 44 valence electrons. The molecule has 0 amide bonds. The van der Waals surface area contributed by atoms with Gasteiger partial charge in [-0.05, 0) is 0 Å². The molecule has 0 radical (unpaired) electrons. The fourth-order valence-electron chi connectivity index (χ4n) is 0.521. The Kier molecular flexibility index (Phi) is 1.37. The molecular weight excluding hydrogens is 114 g/mol. The molecule has 0 aromatic heterocycles. The third kappa shape index (κ3) is 1.20. The molecule has 0 bridgehead atoms. The highest BCUT2D eigenvalue weighted by atomic mass is 16.3. The summed E-state index contributed by atoms with van der Waals surface area (Å²) in [6.45, 7) is 6.54. The number of hydrogen-bond donors (Lipinski definition) is 0. The van der Waals surface area contributed by atoms with E-state index in [2.05, 4.69) is 4.85 Å². The Balaban J connectivity index is 3.06. The van der Waals surface area contributed by atoms with Crippen LogP contribution in [0.25, 0.3) is 4.85 Å². The highest BCUT2D eigenvalue weighted by Gasteiger charge is 1.82. The normalized spacial score (nSPS) is 8.33. The molecule has 0 aliphatic rings. The SMILES string of the molecule is [C-]#[N+]c1ccc([O-])cc1. The van der Waals surface area contributed by atoms with Gasteiger partial charge in [0, 0.05) is 0 Å². The number of rotatable bonds is 0. The maximum absolute atomic E-state index is 10.4. The zero-order chi connectivity index (χ0) is 6.69. The zero-order valence-corrected chi connectivity index (χ0v) is 4.66. The highest BCUT2D eigenvalue weighted by Crippen LogP contribution is 2.13. The van der Waals surface area contributed by atoms with E-state index in [0.29, 0.717) is 5.69 Å². The van der Waals surface area contributed by atoms with Gasteiger partial charge in [-0.2, -0.15) is 0 Å². The maximum atomic E-state index is 10.4. The molecule has 1 aromatic rings. The van der Waals surface area contributed by atoms with Crippen LogP contribution in [0.4, 0.5) is 5.69 Å². The summed E-state index contributed by atoms with van der Waals surface area (Å²) in [4.78, 5) is 3.12. The molecule has 0 aliphatic heterocycles. The number of nitrogens with zero attached hydrogens (tertiary/aromatic N) is 1. The minimum Gasteiger partial charge on any atom is -0.873 e. The maximum Gasteiger partial charge on any atom is 0.187 e. The first kappa shape index (κ1) is 5.64. The van der Waals surface area contributed by atoms with E-state index in [9.17, 15) is 5.11 Å². The van der Waals surface area contributed by atoms with Crippen molar-refractivity contribution in [2.45, 2.75) is 0 Å². The van der Waals surface area contributed by atoms with E-state index in [1.807, 2.05) is 0 Å². The van der Waals surface area contributed by atoms with Gasteiger partial charge >= 0.3 is 0 Å². The van der Waals surface area contributed by atoms with Crippen LogP contribution in [0.2, 0.25) is 0 Å². The van der Waals surface area contributed by atoms with Crippen LogP contribution >= 0.6 is 0 Å². The second kappa shape index (κ2) is 2.19. The van der Waals surface area contributed by atoms with Crippen molar-refractivity contribution in [1.29, 1.82) is 0 Å². The smallest absolute Gasteiger partial charge is 0.187 e. The predicted octanol–water partition coefficient (Wildman–Crippen LogP) is 1.31. The van der Waals surface area contributed by atoms with Gasteiger partial charge in [0.25, 0.3) is 0 Å². The molecule has 0 fully saturated rings. The van der Waals surface area contributed by atoms with Crippen molar-refractivity contribution in [2.24, 2.45) is 0 Å². The molecule has 1 rings (SSSR count). The fourth-order valence-corrected chi connectivity index (χ4v) is 0.521. The van der Waals surface area contributed by atoms with Crippen molar-refractivity contribution >= 4 is 5.69 Å². The van der Waals surface area contributed by atoms with Crippen molar-refractivity contribution in [3.8, 4) is 5.75 Å². The predicted molar refractivity (Wildman–Crippen MR) is 32.1 cm³/mol. The van der Waals surface area contributed by atoms with Crippen LogP contribution < -0.4 is 5.11 Å². The average molecular weight is 118 g/mol. The second-order valence-corrected chi connectivity index (χ2v) is 1.61. The quantitative estimate of drug-likeness (QED) is 0.472. The van der Waals surface area contributed by atoms with E-state index in [1.54, 1.807) is 0 Å². The van der Waals surface area contributed by atoms with Gasteiger partial charge in [-0.15, -0.1) is 5.75 Å². The summed E-state index contributed by atoms with van der Waals surface area (Å²) in [7, 11) is 0. The molecule has 1 aromatic carbocycles.